The first-order valence-electron chi connectivity index (χ1n) is 10.1. The van der Waals surface area contributed by atoms with Crippen molar-refractivity contribution in [3.05, 3.63) is 57.5 Å². The van der Waals surface area contributed by atoms with Crippen LogP contribution in [-0.4, -0.2) is 29.2 Å². The Morgan fingerprint density at radius 3 is 2.23 bits per heavy atom. The number of rotatable bonds is 5. The van der Waals surface area contributed by atoms with Gasteiger partial charge >= 0.3 is 0 Å². The Labute approximate surface area is 190 Å². The van der Waals surface area contributed by atoms with Crippen molar-refractivity contribution in [1.82, 2.24) is 9.97 Å². The van der Waals surface area contributed by atoms with Crippen LogP contribution in [0.2, 0.25) is 15.1 Å². The molecule has 0 atom stereocenters. The molecule has 1 aromatic heterocycles. The number of hydrogen-bond acceptors (Lipinski definition) is 4. The molecule has 1 saturated heterocycles. The summed E-state index contributed by atoms with van der Waals surface area (Å²) in [6.45, 7) is 1.88. The summed E-state index contributed by atoms with van der Waals surface area (Å²) in [5.74, 6) is 1.28. The maximum Gasteiger partial charge on any atom is 0.229 e. The zero-order chi connectivity index (χ0) is 20.7. The molecule has 2 heterocycles. The van der Waals surface area contributed by atoms with Crippen LogP contribution in [0.3, 0.4) is 0 Å². The van der Waals surface area contributed by atoms with Crippen LogP contribution in [0.5, 0.6) is 5.88 Å². The van der Waals surface area contributed by atoms with Crippen LogP contribution in [0.4, 0.5) is 5.95 Å². The zero-order valence-corrected chi connectivity index (χ0v) is 18.5. The minimum absolute atomic E-state index is 0.200. The summed E-state index contributed by atoms with van der Waals surface area (Å²) in [6, 6.07) is 13.1. The minimum atomic E-state index is 0.200. The van der Waals surface area contributed by atoms with E-state index in [4.69, 9.17) is 49.5 Å². The SMILES string of the molecule is Clc1ccc(-c2c(OC3CC3)nc(N3CCCC3)nc2-c2ccc(Cl)cc2Cl)cc1. The lowest BCUT2D eigenvalue weighted by molar-refractivity contribution is 0.292. The Morgan fingerprint density at radius 2 is 1.57 bits per heavy atom. The van der Waals surface area contributed by atoms with Crippen molar-refractivity contribution in [3.63, 3.8) is 0 Å². The van der Waals surface area contributed by atoms with Crippen LogP contribution >= 0.6 is 34.8 Å². The van der Waals surface area contributed by atoms with E-state index < -0.39 is 0 Å². The quantitative estimate of drug-likeness (QED) is 0.414. The Bertz CT molecular complexity index is 1080. The van der Waals surface area contributed by atoms with Gasteiger partial charge in [0, 0.05) is 28.7 Å². The summed E-state index contributed by atoms with van der Waals surface area (Å²) in [5, 5.41) is 1.80. The van der Waals surface area contributed by atoms with Crippen molar-refractivity contribution >= 4 is 40.8 Å². The summed E-state index contributed by atoms with van der Waals surface area (Å²) in [4.78, 5) is 12.0. The molecule has 0 radical (unpaired) electrons. The fourth-order valence-electron chi connectivity index (χ4n) is 3.67. The van der Waals surface area contributed by atoms with Crippen LogP contribution in [0.15, 0.2) is 42.5 Å². The lowest BCUT2D eigenvalue weighted by Gasteiger charge is -2.21. The second kappa shape index (κ2) is 8.26. The average molecular weight is 461 g/mol. The van der Waals surface area contributed by atoms with E-state index in [0.717, 1.165) is 61.2 Å². The highest BCUT2D eigenvalue weighted by Gasteiger charge is 2.29. The summed E-state index contributed by atoms with van der Waals surface area (Å²) >= 11 is 18.9. The van der Waals surface area contributed by atoms with Gasteiger partial charge in [0.25, 0.3) is 0 Å². The highest BCUT2D eigenvalue weighted by molar-refractivity contribution is 6.36. The molecule has 4 nitrogen and oxygen atoms in total. The minimum Gasteiger partial charge on any atom is -0.474 e. The highest BCUT2D eigenvalue weighted by atomic mass is 35.5. The van der Waals surface area contributed by atoms with Crippen molar-refractivity contribution in [2.24, 2.45) is 0 Å². The molecule has 1 aliphatic carbocycles. The van der Waals surface area contributed by atoms with Crippen molar-refractivity contribution in [1.29, 1.82) is 0 Å². The van der Waals surface area contributed by atoms with E-state index in [1.165, 1.54) is 0 Å². The van der Waals surface area contributed by atoms with Gasteiger partial charge in [0.05, 0.1) is 16.3 Å². The zero-order valence-electron chi connectivity index (χ0n) is 16.2. The molecule has 2 aliphatic rings. The standard InChI is InChI=1S/C23H20Cl3N3O/c24-15-5-3-14(4-6-15)20-21(18-10-7-16(25)13-19(18)26)27-23(29-11-1-2-12-29)28-22(20)30-17-8-9-17/h3-7,10,13,17H,1-2,8-9,11-12H2. The number of nitrogens with zero attached hydrogens (tertiary/aromatic N) is 3. The van der Waals surface area contributed by atoms with Crippen molar-refractivity contribution in [3.8, 4) is 28.3 Å². The molecule has 0 bridgehead atoms. The van der Waals surface area contributed by atoms with Gasteiger partial charge in [-0.2, -0.15) is 4.98 Å². The van der Waals surface area contributed by atoms with Gasteiger partial charge in [0.15, 0.2) is 0 Å². The van der Waals surface area contributed by atoms with E-state index in [0.29, 0.717) is 26.9 Å². The van der Waals surface area contributed by atoms with Crippen LogP contribution in [-0.2, 0) is 0 Å². The van der Waals surface area contributed by atoms with E-state index in [1.54, 1.807) is 6.07 Å². The molecule has 2 fully saturated rings. The van der Waals surface area contributed by atoms with Gasteiger partial charge in [-0.3, -0.25) is 0 Å². The van der Waals surface area contributed by atoms with Crippen molar-refractivity contribution < 1.29 is 4.74 Å². The van der Waals surface area contributed by atoms with Gasteiger partial charge in [-0.25, -0.2) is 4.98 Å². The predicted octanol–water partition coefficient (Wildman–Crippen LogP) is 6.91. The first kappa shape index (κ1) is 19.9. The predicted molar refractivity (Wildman–Crippen MR) is 123 cm³/mol. The largest absolute Gasteiger partial charge is 0.474 e. The smallest absolute Gasteiger partial charge is 0.229 e. The second-order valence-corrected chi connectivity index (χ2v) is 8.97. The molecule has 154 valence electrons. The molecule has 0 unspecified atom stereocenters. The number of halogens is 3. The molecule has 5 rings (SSSR count). The monoisotopic (exact) mass is 459 g/mol. The summed E-state index contributed by atoms with van der Waals surface area (Å²) in [5.41, 5.74) is 3.30. The Hall–Kier alpha value is -2.01. The van der Waals surface area contributed by atoms with Gasteiger partial charge in [-0.15, -0.1) is 0 Å². The number of anilines is 1. The van der Waals surface area contributed by atoms with E-state index in [9.17, 15) is 0 Å². The number of aromatic nitrogens is 2. The van der Waals surface area contributed by atoms with E-state index in [-0.39, 0.29) is 6.10 Å². The molecule has 1 saturated carbocycles. The fourth-order valence-corrected chi connectivity index (χ4v) is 4.29. The molecule has 0 N–H and O–H groups in total. The Balaban J connectivity index is 1.75. The average Bonchev–Trinajstić information content (AvgIpc) is 3.37. The summed E-state index contributed by atoms with van der Waals surface area (Å²) in [7, 11) is 0. The second-order valence-electron chi connectivity index (χ2n) is 7.69. The van der Waals surface area contributed by atoms with E-state index >= 15 is 0 Å². The van der Waals surface area contributed by atoms with Crippen LogP contribution in [0.1, 0.15) is 25.7 Å². The maximum atomic E-state index is 6.61. The van der Waals surface area contributed by atoms with Crippen molar-refractivity contribution in [2.75, 3.05) is 18.0 Å². The maximum absolute atomic E-state index is 6.61. The normalized spacial score (nSPS) is 16.2. The Kier molecular flexibility index (Phi) is 5.48. The van der Waals surface area contributed by atoms with Gasteiger partial charge in [0.1, 0.15) is 6.10 Å². The van der Waals surface area contributed by atoms with Gasteiger partial charge in [-0.1, -0.05) is 46.9 Å². The molecule has 7 heteroatoms. The van der Waals surface area contributed by atoms with Crippen molar-refractivity contribution in [2.45, 2.75) is 31.8 Å². The number of benzene rings is 2. The Morgan fingerprint density at radius 1 is 0.867 bits per heavy atom. The third kappa shape index (κ3) is 4.09. The molecule has 0 spiro atoms. The van der Waals surface area contributed by atoms with E-state index in [2.05, 4.69) is 4.90 Å². The highest BCUT2D eigenvalue weighted by Crippen LogP contribution is 2.43. The topological polar surface area (TPSA) is 38.2 Å². The molecule has 0 amide bonds. The third-order valence-corrected chi connectivity index (χ3v) is 6.17. The molecule has 1 aliphatic heterocycles. The molecular formula is C23H20Cl3N3O. The summed E-state index contributed by atoms with van der Waals surface area (Å²) in [6.07, 6.45) is 4.56. The fraction of sp³-hybridized carbons (Fsp3) is 0.304. The molecule has 30 heavy (non-hydrogen) atoms. The lowest BCUT2D eigenvalue weighted by atomic mass is 10.00. The first-order valence-corrected chi connectivity index (χ1v) is 11.3. The summed E-state index contributed by atoms with van der Waals surface area (Å²) < 4.78 is 6.29. The van der Waals surface area contributed by atoms with Gasteiger partial charge in [-0.05, 0) is 61.6 Å². The van der Waals surface area contributed by atoms with Gasteiger partial charge in [0.2, 0.25) is 11.8 Å². The molecule has 2 aromatic carbocycles. The number of hydrogen-bond donors (Lipinski definition) is 0. The number of ether oxygens (including phenoxy) is 1. The van der Waals surface area contributed by atoms with Crippen LogP contribution in [0, 0.1) is 0 Å². The third-order valence-electron chi connectivity index (χ3n) is 5.37. The van der Waals surface area contributed by atoms with Crippen LogP contribution in [0.25, 0.3) is 22.4 Å². The molecular weight excluding hydrogens is 441 g/mol. The lowest BCUT2D eigenvalue weighted by Crippen LogP contribution is -2.21. The van der Waals surface area contributed by atoms with E-state index in [1.807, 2.05) is 36.4 Å². The van der Waals surface area contributed by atoms with Crippen LogP contribution < -0.4 is 9.64 Å². The first-order chi connectivity index (χ1) is 14.6. The molecule has 3 aromatic rings. The van der Waals surface area contributed by atoms with Gasteiger partial charge < -0.3 is 9.64 Å².